The molecule has 0 saturated heterocycles. The van der Waals surface area contributed by atoms with Crippen molar-refractivity contribution >= 4 is 29.3 Å². The molecule has 3 rings (SSSR count). The molecule has 0 aliphatic carbocycles. The Bertz CT molecular complexity index is 968. The van der Waals surface area contributed by atoms with E-state index in [0.29, 0.717) is 17.8 Å². The van der Waals surface area contributed by atoms with Crippen molar-refractivity contribution in [2.45, 2.75) is 39.8 Å². The van der Waals surface area contributed by atoms with Gasteiger partial charge in [0.15, 0.2) is 0 Å². The number of carboxylic acid groups (broad SMARTS) is 1. The van der Waals surface area contributed by atoms with Gasteiger partial charge in [-0.05, 0) is 30.5 Å². The number of fused-ring (bicyclic) bond motifs is 1. The Balaban J connectivity index is 2.00. The normalized spacial score (nSPS) is 15.8. The first-order valence-corrected chi connectivity index (χ1v) is 9.91. The summed E-state index contributed by atoms with van der Waals surface area (Å²) in [6.45, 7) is 6.12. The summed E-state index contributed by atoms with van der Waals surface area (Å²) in [5.41, 5.74) is 2.57. The van der Waals surface area contributed by atoms with E-state index in [9.17, 15) is 19.5 Å². The number of nitrogens with zero attached hydrogens (tertiary/aromatic N) is 4. The summed E-state index contributed by atoms with van der Waals surface area (Å²) in [4.78, 5) is 39.3. The molecule has 30 heavy (non-hydrogen) atoms. The average molecular weight is 413 g/mol. The van der Waals surface area contributed by atoms with Crippen molar-refractivity contribution in [2.24, 2.45) is 5.92 Å². The van der Waals surface area contributed by atoms with Crippen molar-refractivity contribution in [1.82, 2.24) is 15.1 Å². The molecule has 0 saturated carbocycles. The first-order valence-electron chi connectivity index (χ1n) is 9.91. The molecule has 0 spiro atoms. The van der Waals surface area contributed by atoms with Crippen molar-refractivity contribution in [3.8, 4) is 11.1 Å². The zero-order valence-electron chi connectivity index (χ0n) is 17.6. The van der Waals surface area contributed by atoms with Crippen molar-refractivity contribution in [3.05, 3.63) is 30.6 Å². The number of carbonyl (C=O) groups is 3. The number of likely N-dealkylation sites (N-methyl/N-ethyl adjacent to an activating group) is 1. The topological polar surface area (TPSA) is 108 Å². The molecule has 2 aromatic rings. The Morgan fingerprint density at radius 3 is 2.60 bits per heavy atom. The van der Waals surface area contributed by atoms with Crippen LogP contribution in [0.25, 0.3) is 11.1 Å². The van der Waals surface area contributed by atoms with E-state index in [1.807, 2.05) is 26.8 Å². The molecule has 9 nitrogen and oxygen atoms in total. The first-order chi connectivity index (χ1) is 14.2. The number of benzene rings is 1. The van der Waals surface area contributed by atoms with Gasteiger partial charge >= 0.3 is 6.09 Å². The summed E-state index contributed by atoms with van der Waals surface area (Å²) < 4.78 is 1.52. The van der Waals surface area contributed by atoms with Crippen LogP contribution in [0.15, 0.2) is 30.6 Å². The van der Waals surface area contributed by atoms with Crippen molar-refractivity contribution < 1.29 is 19.5 Å². The molecule has 1 aliphatic heterocycles. The van der Waals surface area contributed by atoms with Crippen LogP contribution < -0.4 is 15.1 Å². The molecule has 9 heteroatoms. The molecule has 2 heterocycles. The van der Waals surface area contributed by atoms with Crippen LogP contribution in [-0.4, -0.2) is 52.4 Å². The monoisotopic (exact) mass is 413 g/mol. The van der Waals surface area contributed by atoms with E-state index >= 15 is 0 Å². The third-order valence-electron chi connectivity index (χ3n) is 5.05. The van der Waals surface area contributed by atoms with Gasteiger partial charge < -0.3 is 15.3 Å². The van der Waals surface area contributed by atoms with Crippen LogP contribution in [-0.2, 0) is 16.1 Å². The molecular weight excluding hydrogens is 386 g/mol. The van der Waals surface area contributed by atoms with Crippen LogP contribution in [0.5, 0.6) is 0 Å². The van der Waals surface area contributed by atoms with Crippen molar-refractivity contribution in [3.63, 3.8) is 0 Å². The predicted molar refractivity (Wildman–Crippen MR) is 114 cm³/mol. The Morgan fingerprint density at radius 2 is 1.97 bits per heavy atom. The van der Waals surface area contributed by atoms with E-state index in [4.69, 9.17) is 0 Å². The molecule has 0 bridgehead atoms. The molecule has 2 N–H and O–H groups in total. The molecule has 160 valence electrons. The minimum atomic E-state index is -1.06. The summed E-state index contributed by atoms with van der Waals surface area (Å²) in [5.74, 6) is 0.0199. The van der Waals surface area contributed by atoms with E-state index in [0.717, 1.165) is 11.1 Å². The summed E-state index contributed by atoms with van der Waals surface area (Å²) in [6, 6.07) is 5.12. The highest BCUT2D eigenvalue weighted by atomic mass is 16.4. The van der Waals surface area contributed by atoms with Crippen LogP contribution in [0.3, 0.4) is 0 Å². The summed E-state index contributed by atoms with van der Waals surface area (Å²) >= 11 is 0. The van der Waals surface area contributed by atoms with Crippen molar-refractivity contribution in [2.75, 3.05) is 23.4 Å². The van der Waals surface area contributed by atoms with Gasteiger partial charge in [-0.3, -0.25) is 19.2 Å². The van der Waals surface area contributed by atoms with E-state index in [1.54, 1.807) is 36.5 Å². The number of carbonyl (C=O) groups excluding carboxylic acids is 2. The number of hydrogen-bond donors (Lipinski definition) is 2. The maximum absolute atomic E-state index is 12.9. The van der Waals surface area contributed by atoms with Gasteiger partial charge in [0.05, 0.1) is 23.6 Å². The minimum Gasteiger partial charge on any atom is -0.465 e. The van der Waals surface area contributed by atoms with E-state index < -0.39 is 6.09 Å². The fourth-order valence-electron chi connectivity index (χ4n) is 3.64. The molecule has 3 amide bonds. The molecule has 1 atom stereocenters. The number of hydrogen-bond acceptors (Lipinski definition) is 4. The number of nitrogens with one attached hydrogen (secondary N) is 1. The summed E-state index contributed by atoms with van der Waals surface area (Å²) in [5, 5.41) is 16.5. The molecule has 1 aliphatic rings. The van der Waals surface area contributed by atoms with Gasteiger partial charge in [0.25, 0.3) is 0 Å². The van der Waals surface area contributed by atoms with E-state index in [1.165, 1.54) is 9.58 Å². The zero-order chi connectivity index (χ0) is 22.0. The lowest BCUT2D eigenvalue weighted by Crippen LogP contribution is -2.51. The number of rotatable bonds is 5. The lowest BCUT2D eigenvalue weighted by molar-refractivity contribution is -0.121. The molecule has 1 aromatic carbocycles. The lowest BCUT2D eigenvalue weighted by Gasteiger charge is -2.40. The standard InChI is InChI=1S/C21H27N5O4/c1-13(2)7-20(28)26-14(3)10-25(21(29)30)18-8-15(5-6-17(18)26)16-9-23-24(11-16)12-19(27)22-4/h5-6,8-9,11,13-14H,7,10,12H2,1-4H3,(H,22,27)(H,29,30)/t14-/m0/s1. The maximum Gasteiger partial charge on any atom is 0.411 e. The van der Waals surface area contributed by atoms with E-state index in [-0.39, 0.29) is 36.9 Å². The second kappa shape index (κ2) is 8.56. The van der Waals surface area contributed by atoms with Crippen LogP contribution in [0.1, 0.15) is 27.2 Å². The largest absolute Gasteiger partial charge is 0.465 e. The lowest BCUT2D eigenvalue weighted by atomic mass is 10.0. The van der Waals surface area contributed by atoms with Crippen LogP contribution in [0.2, 0.25) is 0 Å². The predicted octanol–water partition coefficient (Wildman–Crippen LogP) is 2.56. The zero-order valence-corrected chi connectivity index (χ0v) is 17.6. The van der Waals surface area contributed by atoms with Gasteiger partial charge in [-0.2, -0.15) is 5.10 Å². The van der Waals surface area contributed by atoms with Crippen LogP contribution >= 0.6 is 0 Å². The fraction of sp³-hybridized carbons (Fsp3) is 0.429. The highest BCUT2D eigenvalue weighted by Crippen LogP contribution is 2.39. The Labute approximate surface area is 175 Å². The quantitative estimate of drug-likeness (QED) is 0.783. The Morgan fingerprint density at radius 1 is 1.23 bits per heavy atom. The first kappa shape index (κ1) is 21.4. The van der Waals surface area contributed by atoms with Crippen LogP contribution in [0, 0.1) is 5.92 Å². The number of anilines is 2. The van der Waals surface area contributed by atoms with Gasteiger partial charge in [0.2, 0.25) is 11.8 Å². The second-order valence-electron chi connectivity index (χ2n) is 7.91. The van der Waals surface area contributed by atoms with Gasteiger partial charge in [0.1, 0.15) is 6.54 Å². The van der Waals surface area contributed by atoms with Gasteiger partial charge in [-0.15, -0.1) is 0 Å². The Kier molecular flexibility index (Phi) is 6.09. The van der Waals surface area contributed by atoms with Crippen LogP contribution in [0.4, 0.5) is 16.2 Å². The number of amides is 3. The highest BCUT2D eigenvalue weighted by molar-refractivity contribution is 6.03. The molecule has 0 unspecified atom stereocenters. The summed E-state index contributed by atoms with van der Waals surface area (Å²) in [7, 11) is 1.56. The third kappa shape index (κ3) is 4.29. The maximum atomic E-state index is 12.9. The summed E-state index contributed by atoms with van der Waals surface area (Å²) in [6.07, 6.45) is 2.69. The molecule has 0 fully saturated rings. The Hall–Kier alpha value is -3.36. The number of aromatic nitrogens is 2. The average Bonchev–Trinajstić information content (AvgIpc) is 3.14. The smallest absolute Gasteiger partial charge is 0.411 e. The minimum absolute atomic E-state index is 0.0186. The second-order valence-corrected chi connectivity index (χ2v) is 7.91. The molecule has 1 aromatic heterocycles. The highest BCUT2D eigenvalue weighted by Gasteiger charge is 2.35. The van der Waals surface area contributed by atoms with Gasteiger partial charge in [-0.1, -0.05) is 19.9 Å². The van der Waals surface area contributed by atoms with Gasteiger partial charge in [-0.25, -0.2) is 4.79 Å². The third-order valence-corrected chi connectivity index (χ3v) is 5.05. The SMILES string of the molecule is CNC(=O)Cn1cc(-c2ccc3c(c2)N(C(=O)O)C[C@H](C)N3C(=O)CC(C)C)cn1. The fourth-order valence-corrected chi connectivity index (χ4v) is 3.64. The van der Waals surface area contributed by atoms with E-state index in [2.05, 4.69) is 10.4 Å². The molecule has 0 radical (unpaired) electrons. The molecular formula is C21H27N5O4. The van der Waals surface area contributed by atoms with Gasteiger partial charge in [0, 0.05) is 31.8 Å². The van der Waals surface area contributed by atoms with Crippen molar-refractivity contribution in [1.29, 1.82) is 0 Å².